The van der Waals surface area contributed by atoms with Gasteiger partial charge in [-0.05, 0) is 31.4 Å². The minimum Gasteiger partial charge on any atom is -0.352 e. The quantitative estimate of drug-likeness (QED) is 0.809. The summed E-state index contributed by atoms with van der Waals surface area (Å²) in [4.78, 5) is 18.1. The molecule has 3 heterocycles. The molecule has 21 heavy (non-hydrogen) atoms. The molecule has 0 aromatic carbocycles. The van der Waals surface area contributed by atoms with Gasteiger partial charge in [0.25, 0.3) is 5.91 Å². The molecule has 3 aromatic rings. The van der Waals surface area contributed by atoms with E-state index in [0.29, 0.717) is 12.1 Å². The smallest absolute Gasteiger partial charge is 0.252 e. The van der Waals surface area contributed by atoms with E-state index in [9.17, 15) is 4.79 Å². The first-order chi connectivity index (χ1) is 10.1. The maximum absolute atomic E-state index is 12.4. The first-order valence-electron chi connectivity index (χ1n) is 6.78. The van der Waals surface area contributed by atoms with Gasteiger partial charge in [0.1, 0.15) is 0 Å². The van der Waals surface area contributed by atoms with Gasteiger partial charge in [0.05, 0.1) is 27.2 Å². The molecule has 0 aliphatic carbocycles. The van der Waals surface area contributed by atoms with Crippen LogP contribution in [0.4, 0.5) is 0 Å². The molecular formula is C15H16N4OS. The van der Waals surface area contributed by atoms with E-state index in [1.807, 2.05) is 44.5 Å². The fraction of sp³-hybridized carbons (Fsp3) is 0.267. The molecular weight excluding hydrogens is 284 g/mol. The Balaban J connectivity index is 2.29. The van der Waals surface area contributed by atoms with Crippen LogP contribution in [0.2, 0.25) is 0 Å². The van der Waals surface area contributed by atoms with Crippen LogP contribution in [0.5, 0.6) is 0 Å². The van der Waals surface area contributed by atoms with Gasteiger partial charge in [0.15, 0.2) is 5.65 Å². The number of hydrogen-bond donors (Lipinski definition) is 1. The van der Waals surface area contributed by atoms with Gasteiger partial charge in [-0.15, -0.1) is 11.3 Å². The van der Waals surface area contributed by atoms with Crippen molar-refractivity contribution in [3.63, 3.8) is 0 Å². The fourth-order valence-electron chi connectivity index (χ4n) is 2.43. The van der Waals surface area contributed by atoms with Crippen LogP contribution >= 0.6 is 11.3 Å². The van der Waals surface area contributed by atoms with Crippen molar-refractivity contribution in [3.05, 3.63) is 34.8 Å². The van der Waals surface area contributed by atoms with Gasteiger partial charge in [-0.2, -0.15) is 5.10 Å². The van der Waals surface area contributed by atoms with Crippen LogP contribution < -0.4 is 5.32 Å². The number of amides is 1. The first kappa shape index (κ1) is 13.8. The summed E-state index contributed by atoms with van der Waals surface area (Å²) in [6.07, 6.45) is 0. The highest BCUT2D eigenvalue weighted by molar-refractivity contribution is 7.13. The van der Waals surface area contributed by atoms with Gasteiger partial charge in [-0.3, -0.25) is 9.48 Å². The standard InChI is InChI=1S/C15H16N4OS/c1-4-16-15(20)10-8-11(12-6-5-7-21-12)17-14-13(10)9(2)18-19(14)3/h5-8H,4H2,1-3H3,(H,16,20). The fourth-order valence-corrected chi connectivity index (χ4v) is 3.12. The summed E-state index contributed by atoms with van der Waals surface area (Å²) in [5.74, 6) is -0.0844. The lowest BCUT2D eigenvalue weighted by atomic mass is 10.1. The Morgan fingerprint density at radius 3 is 2.95 bits per heavy atom. The van der Waals surface area contributed by atoms with E-state index in [0.717, 1.165) is 27.3 Å². The molecule has 0 aliphatic heterocycles. The molecule has 3 aromatic heterocycles. The minimum atomic E-state index is -0.0844. The summed E-state index contributed by atoms with van der Waals surface area (Å²) < 4.78 is 1.73. The van der Waals surface area contributed by atoms with E-state index in [-0.39, 0.29) is 5.91 Å². The van der Waals surface area contributed by atoms with Crippen LogP contribution in [0.3, 0.4) is 0 Å². The van der Waals surface area contributed by atoms with Crippen molar-refractivity contribution >= 4 is 28.3 Å². The number of aryl methyl sites for hydroxylation is 2. The molecule has 3 rings (SSSR count). The van der Waals surface area contributed by atoms with Crippen molar-refractivity contribution in [2.75, 3.05) is 6.54 Å². The van der Waals surface area contributed by atoms with Crippen molar-refractivity contribution in [1.29, 1.82) is 0 Å². The van der Waals surface area contributed by atoms with E-state index in [2.05, 4.69) is 15.4 Å². The minimum absolute atomic E-state index is 0.0844. The third-order valence-electron chi connectivity index (χ3n) is 3.32. The number of aromatic nitrogens is 3. The molecule has 0 unspecified atom stereocenters. The molecule has 0 aliphatic rings. The summed E-state index contributed by atoms with van der Waals surface area (Å²) in [5, 5.41) is 10.1. The third kappa shape index (κ3) is 2.31. The zero-order valence-electron chi connectivity index (χ0n) is 12.2. The maximum Gasteiger partial charge on any atom is 0.252 e. The summed E-state index contributed by atoms with van der Waals surface area (Å²) in [6, 6.07) is 5.84. The van der Waals surface area contributed by atoms with E-state index < -0.39 is 0 Å². The van der Waals surface area contributed by atoms with E-state index in [1.165, 1.54) is 0 Å². The van der Waals surface area contributed by atoms with E-state index in [4.69, 9.17) is 0 Å². The second-order valence-electron chi connectivity index (χ2n) is 4.80. The topological polar surface area (TPSA) is 59.8 Å². The molecule has 6 heteroatoms. The van der Waals surface area contributed by atoms with Crippen LogP contribution in [0.15, 0.2) is 23.6 Å². The van der Waals surface area contributed by atoms with Crippen molar-refractivity contribution in [2.24, 2.45) is 7.05 Å². The Labute approximate surface area is 126 Å². The normalized spacial score (nSPS) is 11.0. The van der Waals surface area contributed by atoms with Crippen molar-refractivity contribution in [1.82, 2.24) is 20.1 Å². The van der Waals surface area contributed by atoms with Gasteiger partial charge >= 0.3 is 0 Å². The number of rotatable bonds is 3. The molecule has 0 saturated heterocycles. The largest absolute Gasteiger partial charge is 0.352 e. The lowest BCUT2D eigenvalue weighted by Gasteiger charge is -2.07. The SMILES string of the molecule is CCNC(=O)c1cc(-c2cccs2)nc2c1c(C)nn2C. The van der Waals surface area contributed by atoms with Crippen LogP contribution in [0.1, 0.15) is 23.0 Å². The number of pyridine rings is 1. The Bertz CT molecular complexity index is 805. The van der Waals surface area contributed by atoms with Gasteiger partial charge in [0.2, 0.25) is 0 Å². The summed E-state index contributed by atoms with van der Waals surface area (Å²) in [6.45, 7) is 4.40. The average Bonchev–Trinajstić information content (AvgIpc) is 3.08. The van der Waals surface area contributed by atoms with Gasteiger partial charge in [0, 0.05) is 13.6 Å². The molecule has 5 nitrogen and oxygen atoms in total. The highest BCUT2D eigenvalue weighted by Gasteiger charge is 2.18. The summed E-state index contributed by atoms with van der Waals surface area (Å²) >= 11 is 1.61. The van der Waals surface area contributed by atoms with Crippen LogP contribution in [0, 0.1) is 6.92 Å². The van der Waals surface area contributed by atoms with Gasteiger partial charge in [-0.25, -0.2) is 4.98 Å². The highest BCUT2D eigenvalue weighted by Crippen LogP contribution is 2.29. The van der Waals surface area contributed by atoms with Gasteiger partial charge in [-0.1, -0.05) is 6.07 Å². The monoisotopic (exact) mass is 300 g/mol. The molecule has 0 atom stereocenters. The van der Waals surface area contributed by atoms with Crippen molar-refractivity contribution < 1.29 is 4.79 Å². The predicted molar refractivity (Wildman–Crippen MR) is 84.6 cm³/mol. The Morgan fingerprint density at radius 2 is 2.29 bits per heavy atom. The maximum atomic E-state index is 12.4. The second kappa shape index (κ2) is 5.29. The lowest BCUT2D eigenvalue weighted by Crippen LogP contribution is -2.23. The molecule has 1 amide bonds. The van der Waals surface area contributed by atoms with E-state index >= 15 is 0 Å². The number of nitrogens with one attached hydrogen (secondary N) is 1. The molecule has 0 saturated carbocycles. The molecule has 0 radical (unpaired) electrons. The number of fused-ring (bicyclic) bond motifs is 1. The summed E-state index contributed by atoms with van der Waals surface area (Å²) in [5.41, 5.74) is 3.00. The average molecular weight is 300 g/mol. The Morgan fingerprint density at radius 1 is 1.48 bits per heavy atom. The van der Waals surface area contributed by atoms with Crippen molar-refractivity contribution in [3.8, 4) is 10.6 Å². The van der Waals surface area contributed by atoms with Crippen LogP contribution in [-0.2, 0) is 7.05 Å². The molecule has 0 bridgehead atoms. The lowest BCUT2D eigenvalue weighted by molar-refractivity contribution is 0.0957. The second-order valence-corrected chi connectivity index (χ2v) is 5.75. The Hall–Kier alpha value is -2.21. The van der Waals surface area contributed by atoms with Crippen LogP contribution in [0.25, 0.3) is 21.6 Å². The first-order valence-corrected chi connectivity index (χ1v) is 7.66. The number of nitrogens with zero attached hydrogens (tertiary/aromatic N) is 3. The number of carbonyl (C=O) groups excluding carboxylic acids is 1. The number of thiophene rings is 1. The molecule has 0 spiro atoms. The zero-order valence-corrected chi connectivity index (χ0v) is 13.0. The van der Waals surface area contributed by atoms with Gasteiger partial charge < -0.3 is 5.32 Å². The third-order valence-corrected chi connectivity index (χ3v) is 4.22. The number of carbonyl (C=O) groups is 1. The molecule has 0 fully saturated rings. The van der Waals surface area contributed by atoms with Crippen LogP contribution in [-0.4, -0.2) is 27.2 Å². The molecule has 108 valence electrons. The van der Waals surface area contributed by atoms with Crippen molar-refractivity contribution in [2.45, 2.75) is 13.8 Å². The predicted octanol–water partition coefficient (Wildman–Crippen LogP) is 2.75. The molecule has 1 N–H and O–H groups in total. The zero-order chi connectivity index (χ0) is 15.0. The Kier molecular flexibility index (Phi) is 3.47. The van der Waals surface area contributed by atoms with E-state index in [1.54, 1.807) is 16.0 Å². The number of hydrogen-bond acceptors (Lipinski definition) is 4. The summed E-state index contributed by atoms with van der Waals surface area (Å²) in [7, 11) is 1.85. The highest BCUT2D eigenvalue weighted by atomic mass is 32.1.